The number of hydrogen-bond donors (Lipinski definition) is 1. The van der Waals surface area contributed by atoms with Crippen molar-refractivity contribution in [2.24, 2.45) is 0 Å². The Balaban J connectivity index is 1.46. The molecule has 0 aliphatic rings. The van der Waals surface area contributed by atoms with Crippen LogP contribution in [0.3, 0.4) is 0 Å². The third-order valence-corrected chi connectivity index (χ3v) is 9.72. The molecule has 0 saturated heterocycles. The van der Waals surface area contributed by atoms with Gasteiger partial charge in [0, 0.05) is 64.9 Å². The van der Waals surface area contributed by atoms with Crippen LogP contribution in [0.2, 0.25) is 0 Å². The van der Waals surface area contributed by atoms with E-state index in [1.165, 1.54) is 23.5 Å². The Bertz CT molecular complexity index is 2390. The Hall–Kier alpha value is -5.48. The number of furan rings is 1. The van der Waals surface area contributed by atoms with Gasteiger partial charge >= 0.3 is 0 Å². The van der Waals surface area contributed by atoms with Gasteiger partial charge in [0.15, 0.2) is 5.78 Å². The number of rotatable bonds is 9. The van der Waals surface area contributed by atoms with Gasteiger partial charge in [0.05, 0.1) is 36.1 Å². The molecule has 4 aromatic carbocycles. The van der Waals surface area contributed by atoms with Gasteiger partial charge in [0.2, 0.25) is 10.0 Å². The molecule has 0 spiro atoms. The zero-order valence-electron chi connectivity index (χ0n) is 26.0. The number of carbonyl (C=O) groups excluding carboxylic acids is 1. The first kappa shape index (κ1) is 30.2. The maximum absolute atomic E-state index is 13.8. The SMILES string of the molecule is CCC(=O)c1c(-c2ccc(F)cc2)oc2cc(N(C)S(C)(=O)=O)c(-c3cccc(-c4[nH]c5ccccc5c4Cn4ccnc4)c3)cc12. The summed E-state index contributed by atoms with van der Waals surface area (Å²) in [7, 11) is -2.19. The van der Waals surface area contributed by atoms with Crippen LogP contribution >= 0.6 is 0 Å². The maximum Gasteiger partial charge on any atom is 0.232 e. The summed E-state index contributed by atoms with van der Waals surface area (Å²) in [5.74, 6) is -0.238. The van der Waals surface area contributed by atoms with E-state index >= 15 is 0 Å². The second-order valence-electron chi connectivity index (χ2n) is 11.5. The van der Waals surface area contributed by atoms with Gasteiger partial charge < -0.3 is 14.0 Å². The van der Waals surface area contributed by atoms with E-state index in [9.17, 15) is 17.6 Å². The molecule has 0 fully saturated rings. The fraction of sp³-hybridized carbons (Fsp3) is 0.135. The summed E-state index contributed by atoms with van der Waals surface area (Å²) in [5, 5.41) is 1.64. The largest absolute Gasteiger partial charge is 0.455 e. The summed E-state index contributed by atoms with van der Waals surface area (Å²) >= 11 is 0. The molecule has 3 aromatic heterocycles. The van der Waals surface area contributed by atoms with Crippen LogP contribution < -0.4 is 4.31 Å². The number of halogens is 1. The molecule has 1 N–H and O–H groups in total. The number of hydrogen-bond acceptors (Lipinski definition) is 5. The number of anilines is 1. The van der Waals surface area contributed by atoms with Crippen LogP contribution in [0.4, 0.5) is 10.1 Å². The highest BCUT2D eigenvalue weighted by atomic mass is 32.2. The van der Waals surface area contributed by atoms with Gasteiger partial charge in [0.1, 0.15) is 17.2 Å². The van der Waals surface area contributed by atoms with Gasteiger partial charge in [-0.3, -0.25) is 9.10 Å². The molecule has 7 aromatic rings. The predicted octanol–water partition coefficient (Wildman–Crippen LogP) is 8.29. The number of benzene rings is 4. The Morgan fingerprint density at radius 2 is 1.72 bits per heavy atom. The number of ketones is 1. The van der Waals surface area contributed by atoms with Gasteiger partial charge in [-0.1, -0.05) is 43.3 Å². The van der Waals surface area contributed by atoms with Gasteiger partial charge in [-0.25, -0.2) is 17.8 Å². The topological polar surface area (TPSA) is 101 Å². The van der Waals surface area contributed by atoms with E-state index in [1.54, 1.807) is 37.6 Å². The molecule has 47 heavy (non-hydrogen) atoms. The van der Waals surface area contributed by atoms with Crippen molar-refractivity contribution in [2.45, 2.75) is 19.9 Å². The Morgan fingerprint density at radius 3 is 2.45 bits per heavy atom. The maximum atomic E-state index is 13.8. The fourth-order valence-corrected chi connectivity index (χ4v) is 6.58. The summed E-state index contributed by atoms with van der Waals surface area (Å²) in [5.41, 5.74) is 6.95. The van der Waals surface area contributed by atoms with Gasteiger partial charge in [-0.15, -0.1) is 0 Å². The van der Waals surface area contributed by atoms with E-state index < -0.39 is 15.8 Å². The Morgan fingerprint density at radius 1 is 0.957 bits per heavy atom. The van der Waals surface area contributed by atoms with Crippen molar-refractivity contribution in [1.29, 1.82) is 0 Å². The van der Waals surface area contributed by atoms with E-state index in [0.29, 0.717) is 45.7 Å². The van der Waals surface area contributed by atoms with Crippen LogP contribution in [0.25, 0.3) is 55.6 Å². The smallest absolute Gasteiger partial charge is 0.232 e. The second kappa shape index (κ2) is 11.7. The summed E-state index contributed by atoms with van der Waals surface area (Å²) in [6.07, 6.45) is 6.82. The van der Waals surface area contributed by atoms with Gasteiger partial charge in [-0.05, 0) is 53.6 Å². The number of nitrogens with one attached hydrogen (secondary N) is 1. The van der Waals surface area contributed by atoms with Crippen molar-refractivity contribution in [3.05, 3.63) is 121 Å². The Labute approximate surface area is 271 Å². The summed E-state index contributed by atoms with van der Waals surface area (Å²) in [6, 6.07) is 25.2. The normalized spacial score (nSPS) is 11.8. The molecule has 236 valence electrons. The molecule has 0 aliphatic carbocycles. The quantitative estimate of drug-likeness (QED) is 0.159. The molecule has 7 rings (SSSR count). The average molecular weight is 647 g/mol. The van der Waals surface area contributed by atoms with Crippen molar-refractivity contribution in [1.82, 2.24) is 14.5 Å². The number of para-hydroxylation sites is 1. The number of imidazole rings is 1. The summed E-state index contributed by atoms with van der Waals surface area (Å²) < 4.78 is 49.1. The van der Waals surface area contributed by atoms with E-state index in [2.05, 4.69) is 16.0 Å². The van der Waals surface area contributed by atoms with E-state index in [-0.39, 0.29) is 12.2 Å². The van der Waals surface area contributed by atoms with Crippen LogP contribution in [0.5, 0.6) is 0 Å². The molecule has 3 heterocycles. The molecule has 10 heteroatoms. The first-order valence-corrected chi connectivity index (χ1v) is 17.0. The second-order valence-corrected chi connectivity index (χ2v) is 13.5. The highest BCUT2D eigenvalue weighted by Gasteiger charge is 2.26. The lowest BCUT2D eigenvalue weighted by atomic mass is 9.95. The lowest BCUT2D eigenvalue weighted by molar-refractivity contribution is 0.0989. The molecule has 8 nitrogen and oxygen atoms in total. The zero-order valence-corrected chi connectivity index (χ0v) is 26.8. The van der Waals surface area contributed by atoms with Crippen molar-refractivity contribution >= 4 is 43.4 Å². The lowest BCUT2D eigenvalue weighted by Crippen LogP contribution is -2.25. The standard InChI is InChI=1S/C37H31FN4O4S/c1-4-33(43)35-29-19-28(32(41(2)47(3,44)45)20-34(29)46-37(35)23-12-14-26(38)15-13-23)24-8-7-9-25(18-24)36-30(21-42-17-16-39-22-42)27-10-5-6-11-31(27)40-36/h5-20,22,40H,4,21H2,1-3H3. The number of fused-ring (bicyclic) bond motifs is 2. The van der Waals surface area contributed by atoms with Crippen LogP contribution in [0.1, 0.15) is 29.3 Å². The summed E-state index contributed by atoms with van der Waals surface area (Å²) in [6.45, 7) is 2.37. The third kappa shape index (κ3) is 5.50. The number of aromatic amines is 1. The molecule has 0 aliphatic heterocycles. The highest BCUT2D eigenvalue weighted by Crippen LogP contribution is 2.43. The number of Topliss-reactive ketones (excluding diaryl/α,β-unsaturated/α-hetero) is 1. The van der Waals surface area contributed by atoms with Gasteiger partial charge in [0.25, 0.3) is 0 Å². The predicted molar refractivity (Wildman–Crippen MR) is 184 cm³/mol. The first-order valence-electron chi connectivity index (χ1n) is 15.1. The first-order chi connectivity index (χ1) is 22.6. The number of carbonyl (C=O) groups is 1. The van der Waals surface area contributed by atoms with Crippen LogP contribution in [0.15, 0.2) is 108 Å². The van der Waals surface area contributed by atoms with Gasteiger partial charge in [-0.2, -0.15) is 0 Å². The molecule has 0 unspecified atom stereocenters. The number of aromatic nitrogens is 3. The van der Waals surface area contributed by atoms with Crippen LogP contribution in [0, 0.1) is 5.82 Å². The molecule has 0 bridgehead atoms. The molecular weight excluding hydrogens is 615 g/mol. The van der Waals surface area contributed by atoms with E-state index in [4.69, 9.17) is 4.42 Å². The molecule has 0 amide bonds. The lowest BCUT2D eigenvalue weighted by Gasteiger charge is -2.21. The van der Waals surface area contributed by atoms with Crippen LogP contribution in [-0.4, -0.2) is 42.0 Å². The zero-order chi connectivity index (χ0) is 32.9. The third-order valence-electron chi connectivity index (χ3n) is 8.53. The van der Waals surface area contributed by atoms with Crippen molar-refractivity contribution in [3.8, 4) is 33.7 Å². The average Bonchev–Trinajstić information content (AvgIpc) is 3.81. The number of H-pyrrole nitrogens is 1. The number of nitrogens with zero attached hydrogens (tertiary/aromatic N) is 3. The molecule has 0 atom stereocenters. The van der Waals surface area contributed by atoms with Crippen LogP contribution in [-0.2, 0) is 16.6 Å². The highest BCUT2D eigenvalue weighted by molar-refractivity contribution is 7.92. The fourth-order valence-electron chi connectivity index (χ4n) is 6.08. The van der Waals surface area contributed by atoms with Crippen molar-refractivity contribution in [3.63, 3.8) is 0 Å². The van der Waals surface area contributed by atoms with E-state index in [1.807, 2.05) is 59.3 Å². The minimum atomic E-state index is -3.68. The molecular formula is C37H31FN4O4S. The minimum absolute atomic E-state index is 0.144. The monoisotopic (exact) mass is 646 g/mol. The number of sulfonamides is 1. The van der Waals surface area contributed by atoms with E-state index in [0.717, 1.165) is 39.5 Å². The summed E-state index contributed by atoms with van der Waals surface area (Å²) in [4.78, 5) is 21.2. The van der Waals surface area contributed by atoms with Crippen molar-refractivity contribution in [2.75, 3.05) is 17.6 Å². The molecule has 0 radical (unpaired) electrons. The van der Waals surface area contributed by atoms with Crippen molar-refractivity contribution < 1.29 is 22.0 Å². The molecule has 0 saturated carbocycles. The Kier molecular flexibility index (Phi) is 7.52. The minimum Gasteiger partial charge on any atom is -0.455 e.